The number of nitrogens with two attached hydrogens (primary N) is 2. The molecule has 1 atom stereocenters. The summed E-state index contributed by atoms with van der Waals surface area (Å²) in [4.78, 5) is 12.4. The van der Waals surface area contributed by atoms with E-state index in [9.17, 15) is 4.79 Å². The van der Waals surface area contributed by atoms with Crippen molar-refractivity contribution in [3.05, 3.63) is 61.9 Å². The van der Waals surface area contributed by atoms with E-state index in [0.29, 0.717) is 14.2 Å². The summed E-state index contributed by atoms with van der Waals surface area (Å²) in [6.45, 7) is 0.276. The second-order valence-corrected chi connectivity index (χ2v) is 7.60. The first-order valence-electron chi connectivity index (χ1n) is 7.50. The largest absolute Gasteiger partial charge is 0.365 e. The fraction of sp³-hybridized carbons (Fsp3) is 0.176. The molecule has 0 aliphatic heterocycles. The van der Waals surface area contributed by atoms with Crippen molar-refractivity contribution >= 4 is 40.4 Å². The summed E-state index contributed by atoms with van der Waals surface area (Å²) >= 11 is 13.8. The minimum atomic E-state index is -0.532. The summed E-state index contributed by atoms with van der Waals surface area (Å²) in [5, 5.41) is 4.79. The van der Waals surface area contributed by atoms with Gasteiger partial charge in [-0.3, -0.25) is 9.48 Å². The van der Waals surface area contributed by atoms with E-state index in [1.807, 2.05) is 31.3 Å². The molecular formula is C17H16Cl2N4OS. The Morgan fingerprint density at radius 1 is 1.36 bits per heavy atom. The van der Waals surface area contributed by atoms with Gasteiger partial charge in [-0.2, -0.15) is 5.10 Å². The van der Waals surface area contributed by atoms with E-state index in [-0.39, 0.29) is 12.5 Å². The van der Waals surface area contributed by atoms with Crippen molar-refractivity contribution in [1.29, 1.82) is 0 Å². The van der Waals surface area contributed by atoms with Crippen LogP contribution in [0.2, 0.25) is 9.36 Å². The number of carbonyl (C=O) groups is 1. The maximum Gasteiger partial charge on any atom is 0.259 e. The highest BCUT2D eigenvalue weighted by Crippen LogP contribution is 2.45. The lowest BCUT2D eigenvalue weighted by atomic mass is 9.88. The van der Waals surface area contributed by atoms with Crippen molar-refractivity contribution in [1.82, 2.24) is 9.78 Å². The van der Waals surface area contributed by atoms with Gasteiger partial charge in [0.15, 0.2) is 0 Å². The standard InChI is InChI=1S/C17H16Cl2N4OS/c1-23-12(5-6-22-23)14-13(15(17(21)24)25-16(14)19)11(8-20)9-3-2-4-10(18)7-9/h2-7,11H,8,20H2,1H3,(H2,21,24). The van der Waals surface area contributed by atoms with E-state index in [1.165, 1.54) is 0 Å². The van der Waals surface area contributed by atoms with Crippen LogP contribution in [-0.2, 0) is 7.05 Å². The molecule has 2 heterocycles. The van der Waals surface area contributed by atoms with Crippen molar-refractivity contribution in [2.24, 2.45) is 18.5 Å². The van der Waals surface area contributed by atoms with E-state index in [2.05, 4.69) is 5.10 Å². The third-order valence-electron chi connectivity index (χ3n) is 4.04. The fourth-order valence-electron chi connectivity index (χ4n) is 2.93. The Labute approximate surface area is 159 Å². The van der Waals surface area contributed by atoms with Crippen molar-refractivity contribution in [2.45, 2.75) is 5.92 Å². The smallest absolute Gasteiger partial charge is 0.259 e. The minimum Gasteiger partial charge on any atom is -0.365 e. The van der Waals surface area contributed by atoms with Gasteiger partial charge in [-0.05, 0) is 29.3 Å². The van der Waals surface area contributed by atoms with Gasteiger partial charge in [0.25, 0.3) is 5.91 Å². The van der Waals surface area contributed by atoms with E-state index < -0.39 is 5.91 Å². The monoisotopic (exact) mass is 394 g/mol. The SMILES string of the molecule is Cn1nccc1-c1c(Cl)sc(C(N)=O)c1C(CN)c1cccc(Cl)c1. The second-order valence-electron chi connectivity index (χ2n) is 5.54. The summed E-state index contributed by atoms with van der Waals surface area (Å²) in [7, 11) is 1.81. The Hall–Kier alpha value is -1.86. The summed E-state index contributed by atoms with van der Waals surface area (Å²) in [5.74, 6) is -0.800. The molecular weight excluding hydrogens is 379 g/mol. The first kappa shape index (κ1) is 17.9. The number of hydrogen-bond acceptors (Lipinski definition) is 4. The second kappa shape index (κ2) is 7.17. The van der Waals surface area contributed by atoms with Gasteiger partial charge in [-0.25, -0.2) is 0 Å². The Morgan fingerprint density at radius 2 is 2.12 bits per heavy atom. The first-order chi connectivity index (χ1) is 11.9. The van der Waals surface area contributed by atoms with Crippen LogP contribution in [-0.4, -0.2) is 22.2 Å². The van der Waals surface area contributed by atoms with Crippen LogP contribution in [0.15, 0.2) is 36.5 Å². The number of aryl methyl sites for hydroxylation is 1. The molecule has 8 heteroatoms. The Bertz CT molecular complexity index is 935. The molecule has 0 radical (unpaired) electrons. The molecule has 1 aromatic carbocycles. The van der Waals surface area contributed by atoms with E-state index in [4.69, 9.17) is 34.7 Å². The third-order valence-corrected chi connectivity index (χ3v) is 5.70. The summed E-state index contributed by atoms with van der Waals surface area (Å²) in [5.41, 5.74) is 14.8. The number of carbonyl (C=O) groups excluding carboxylic acids is 1. The molecule has 0 fully saturated rings. The van der Waals surface area contributed by atoms with Gasteiger partial charge in [-0.15, -0.1) is 11.3 Å². The van der Waals surface area contributed by atoms with Crippen molar-refractivity contribution in [3.63, 3.8) is 0 Å². The van der Waals surface area contributed by atoms with Crippen LogP contribution in [0.3, 0.4) is 0 Å². The lowest BCUT2D eigenvalue weighted by Gasteiger charge is -2.19. The molecule has 5 nitrogen and oxygen atoms in total. The van der Waals surface area contributed by atoms with Crippen LogP contribution in [0, 0.1) is 0 Å². The third kappa shape index (κ3) is 3.30. The van der Waals surface area contributed by atoms with Gasteiger partial charge in [0.2, 0.25) is 0 Å². The van der Waals surface area contributed by atoms with Crippen LogP contribution in [0.4, 0.5) is 0 Å². The quantitative estimate of drug-likeness (QED) is 0.692. The fourth-order valence-corrected chi connectivity index (χ4v) is 4.51. The van der Waals surface area contributed by atoms with Gasteiger partial charge in [0.1, 0.15) is 4.34 Å². The van der Waals surface area contributed by atoms with Gasteiger partial charge in [0, 0.05) is 36.3 Å². The minimum absolute atomic E-state index is 0.269. The number of halogens is 2. The topological polar surface area (TPSA) is 86.9 Å². The summed E-state index contributed by atoms with van der Waals surface area (Å²) < 4.78 is 2.18. The Balaban J connectivity index is 2.29. The molecule has 3 aromatic rings. The zero-order valence-electron chi connectivity index (χ0n) is 13.4. The molecule has 4 N–H and O–H groups in total. The molecule has 2 aromatic heterocycles. The number of thiophene rings is 1. The molecule has 25 heavy (non-hydrogen) atoms. The predicted octanol–water partition coefficient (Wildman–Crippen LogP) is 3.64. The predicted molar refractivity (Wildman–Crippen MR) is 102 cm³/mol. The molecule has 1 amide bonds. The molecule has 0 aliphatic rings. The van der Waals surface area contributed by atoms with Crippen molar-refractivity contribution in [2.75, 3.05) is 6.54 Å². The molecule has 3 rings (SSSR count). The average Bonchev–Trinajstić information content (AvgIpc) is 3.12. The highest BCUT2D eigenvalue weighted by molar-refractivity contribution is 7.18. The number of hydrogen-bond donors (Lipinski definition) is 2. The summed E-state index contributed by atoms with van der Waals surface area (Å²) in [6.07, 6.45) is 1.67. The molecule has 0 aliphatic carbocycles. The lowest BCUT2D eigenvalue weighted by molar-refractivity contribution is 0.100. The van der Waals surface area contributed by atoms with E-state index in [1.54, 1.807) is 16.9 Å². The van der Waals surface area contributed by atoms with Crippen molar-refractivity contribution in [3.8, 4) is 11.3 Å². The molecule has 0 bridgehead atoms. The van der Waals surface area contributed by atoms with Crippen LogP contribution >= 0.6 is 34.5 Å². The Morgan fingerprint density at radius 3 is 2.68 bits per heavy atom. The van der Waals surface area contributed by atoms with E-state index >= 15 is 0 Å². The highest BCUT2D eigenvalue weighted by Gasteiger charge is 2.29. The maximum atomic E-state index is 12.0. The number of nitrogens with zero attached hydrogens (tertiary/aromatic N) is 2. The highest BCUT2D eigenvalue weighted by atomic mass is 35.5. The number of rotatable bonds is 5. The number of benzene rings is 1. The van der Waals surface area contributed by atoms with Crippen molar-refractivity contribution < 1.29 is 4.79 Å². The van der Waals surface area contributed by atoms with Gasteiger partial charge in [0.05, 0.1) is 10.6 Å². The Kier molecular flexibility index (Phi) is 5.15. The van der Waals surface area contributed by atoms with Crippen LogP contribution < -0.4 is 11.5 Å². The normalized spacial score (nSPS) is 12.3. The molecule has 0 spiro atoms. The zero-order valence-corrected chi connectivity index (χ0v) is 15.7. The molecule has 0 saturated heterocycles. The molecule has 1 unspecified atom stereocenters. The maximum absolute atomic E-state index is 12.0. The number of aromatic nitrogens is 2. The van der Waals surface area contributed by atoms with Gasteiger partial charge in [-0.1, -0.05) is 35.3 Å². The summed E-state index contributed by atoms with van der Waals surface area (Å²) in [6, 6.07) is 9.24. The number of amides is 1. The molecule has 0 saturated carbocycles. The zero-order chi connectivity index (χ0) is 18.1. The van der Waals surface area contributed by atoms with Crippen LogP contribution in [0.1, 0.15) is 26.7 Å². The van der Waals surface area contributed by atoms with Crippen LogP contribution in [0.25, 0.3) is 11.3 Å². The lowest BCUT2D eigenvalue weighted by Crippen LogP contribution is -2.19. The van der Waals surface area contributed by atoms with Crippen LogP contribution in [0.5, 0.6) is 0 Å². The van der Waals surface area contributed by atoms with Gasteiger partial charge < -0.3 is 11.5 Å². The first-order valence-corrected chi connectivity index (χ1v) is 9.07. The number of primary amides is 1. The molecule has 130 valence electrons. The van der Waals surface area contributed by atoms with E-state index in [0.717, 1.165) is 33.7 Å². The van der Waals surface area contributed by atoms with Gasteiger partial charge >= 0.3 is 0 Å². The average molecular weight is 395 g/mol.